The second-order valence-corrected chi connectivity index (χ2v) is 10.7. The van der Waals surface area contributed by atoms with E-state index in [1.54, 1.807) is 0 Å². The smallest absolute Gasteiger partial charge is 0.407 e. The molecule has 2 saturated carbocycles. The zero-order valence-corrected chi connectivity index (χ0v) is 20.4. The summed E-state index contributed by atoms with van der Waals surface area (Å²) in [5, 5.41) is 13.9. The first-order valence-electron chi connectivity index (χ1n) is 13.2. The summed E-state index contributed by atoms with van der Waals surface area (Å²) >= 11 is 0. The number of hydrogen-bond acceptors (Lipinski definition) is 4. The van der Waals surface area contributed by atoms with Gasteiger partial charge in [0.2, 0.25) is 5.91 Å². The monoisotopic (exact) mass is 478 g/mol. The fourth-order valence-electron chi connectivity index (χ4n) is 5.68. The van der Waals surface area contributed by atoms with Gasteiger partial charge >= 0.3 is 6.09 Å². The summed E-state index contributed by atoms with van der Waals surface area (Å²) in [5.41, 5.74) is 4.23. The van der Waals surface area contributed by atoms with E-state index < -0.39 is 6.09 Å². The first-order valence-corrected chi connectivity index (χ1v) is 13.2. The molecule has 186 valence electrons. The number of carbonyl (C=O) groups excluding carboxylic acids is 1. The molecule has 2 aromatic rings. The molecule has 4 aliphatic rings. The van der Waals surface area contributed by atoms with E-state index >= 15 is 0 Å². The van der Waals surface area contributed by atoms with Crippen molar-refractivity contribution in [1.82, 2.24) is 14.7 Å². The van der Waals surface area contributed by atoms with Gasteiger partial charge in [0.15, 0.2) is 0 Å². The second kappa shape index (κ2) is 8.88. The number of ether oxygens (including phenoxy) is 1. The van der Waals surface area contributed by atoms with Crippen LogP contribution in [0.3, 0.4) is 0 Å². The molecule has 1 aromatic carbocycles. The Balaban J connectivity index is 1.32. The van der Waals surface area contributed by atoms with Gasteiger partial charge < -0.3 is 19.6 Å². The van der Waals surface area contributed by atoms with E-state index in [9.17, 15) is 14.7 Å². The number of amides is 2. The number of fused-ring (bicyclic) bond motifs is 1. The molecule has 1 N–H and O–H groups in total. The maximum absolute atomic E-state index is 13.2. The lowest BCUT2D eigenvalue weighted by Gasteiger charge is -2.38. The molecule has 0 bridgehead atoms. The molecule has 1 aromatic heterocycles. The molecule has 35 heavy (non-hydrogen) atoms. The number of rotatable bonds is 5. The molecule has 1 saturated heterocycles. The molecule has 2 aliphatic heterocycles. The largest absolute Gasteiger partial charge is 0.489 e. The van der Waals surface area contributed by atoms with Crippen molar-refractivity contribution in [3.05, 3.63) is 30.1 Å². The molecule has 8 heteroatoms. The summed E-state index contributed by atoms with van der Waals surface area (Å²) in [5.74, 6) is 1.37. The minimum atomic E-state index is -0.847. The quantitative estimate of drug-likeness (QED) is 0.662. The highest BCUT2D eigenvalue weighted by atomic mass is 16.5. The van der Waals surface area contributed by atoms with Crippen molar-refractivity contribution >= 4 is 17.7 Å². The number of carboxylic acid groups (broad SMARTS) is 1. The number of aromatic nitrogens is 2. The number of piperidine rings is 1. The summed E-state index contributed by atoms with van der Waals surface area (Å²) in [6.45, 7) is 3.23. The number of benzene rings is 1. The van der Waals surface area contributed by atoms with E-state index in [1.165, 1.54) is 11.3 Å². The fourth-order valence-corrected chi connectivity index (χ4v) is 5.68. The lowest BCUT2D eigenvalue weighted by molar-refractivity contribution is -0.120. The second-order valence-electron chi connectivity index (χ2n) is 10.7. The molecule has 1 unspecified atom stereocenters. The molecular weight excluding hydrogens is 444 g/mol. The molecule has 3 heterocycles. The van der Waals surface area contributed by atoms with Crippen LogP contribution in [0.15, 0.2) is 24.5 Å². The van der Waals surface area contributed by atoms with Gasteiger partial charge in [0, 0.05) is 47.9 Å². The molecule has 0 radical (unpaired) electrons. The van der Waals surface area contributed by atoms with E-state index in [0.717, 1.165) is 79.5 Å². The normalized spacial score (nSPS) is 23.1. The number of carbonyl (C=O) groups is 2. The standard InChI is InChI=1S/C27H34N4O4/c1-17-5-8-23-24(31(17)26(32)18-6-7-18)10-9-22(25(23)35-21-3-2-4-21)19-15-28-30(16-19)20-11-13-29(14-12-20)27(33)34/h9-10,15-18,20-21H,2-8,11-14H2,1H3,(H,33,34). The Morgan fingerprint density at radius 2 is 1.83 bits per heavy atom. The topological polar surface area (TPSA) is 87.9 Å². The van der Waals surface area contributed by atoms with Crippen molar-refractivity contribution in [1.29, 1.82) is 0 Å². The van der Waals surface area contributed by atoms with Crippen molar-refractivity contribution in [2.45, 2.75) is 82.9 Å². The first kappa shape index (κ1) is 22.4. The van der Waals surface area contributed by atoms with Crippen molar-refractivity contribution in [2.24, 2.45) is 5.92 Å². The van der Waals surface area contributed by atoms with Gasteiger partial charge in [0.25, 0.3) is 0 Å². The maximum atomic E-state index is 13.2. The van der Waals surface area contributed by atoms with Crippen molar-refractivity contribution in [3.63, 3.8) is 0 Å². The highest BCUT2D eigenvalue weighted by molar-refractivity contribution is 5.99. The van der Waals surface area contributed by atoms with Gasteiger partial charge in [-0.1, -0.05) is 0 Å². The summed E-state index contributed by atoms with van der Waals surface area (Å²) in [7, 11) is 0. The summed E-state index contributed by atoms with van der Waals surface area (Å²) < 4.78 is 8.61. The van der Waals surface area contributed by atoms with Crippen LogP contribution in [0.1, 0.15) is 69.9 Å². The molecule has 1 atom stereocenters. The van der Waals surface area contributed by atoms with Crippen LogP contribution in [0, 0.1) is 5.92 Å². The van der Waals surface area contributed by atoms with E-state index in [0.29, 0.717) is 13.1 Å². The van der Waals surface area contributed by atoms with Gasteiger partial charge in [-0.05, 0) is 76.8 Å². The van der Waals surface area contributed by atoms with Crippen molar-refractivity contribution < 1.29 is 19.4 Å². The number of anilines is 1. The Bertz CT molecular complexity index is 1130. The zero-order chi connectivity index (χ0) is 24.1. The van der Waals surface area contributed by atoms with Crippen LogP contribution in [0.4, 0.5) is 10.5 Å². The Labute approximate surface area is 205 Å². The van der Waals surface area contributed by atoms with Crippen LogP contribution in [-0.4, -0.2) is 57.0 Å². The van der Waals surface area contributed by atoms with Gasteiger partial charge in [0.1, 0.15) is 5.75 Å². The highest BCUT2D eigenvalue weighted by Crippen LogP contribution is 2.46. The maximum Gasteiger partial charge on any atom is 0.407 e. The average molecular weight is 479 g/mol. The van der Waals surface area contributed by atoms with Crippen LogP contribution in [0.5, 0.6) is 5.75 Å². The van der Waals surface area contributed by atoms with Crippen LogP contribution in [0.2, 0.25) is 0 Å². The van der Waals surface area contributed by atoms with E-state index in [1.807, 2.05) is 15.8 Å². The third-order valence-corrected chi connectivity index (χ3v) is 8.27. The van der Waals surface area contributed by atoms with E-state index in [2.05, 4.69) is 30.4 Å². The number of hydrogen-bond donors (Lipinski definition) is 1. The minimum Gasteiger partial charge on any atom is -0.489 e. The van der Waals surface area contributed by atoms with Gasteiger partial charge in [-0.25, -0.2) is 4.79 Å². The third-order valence-electron chi connectivity index (χ3n) is 8.27. The summed E-state index contributed by atoms with van der Waals surface area (Å²) in [4.78, 5) is 27.9. The van der Waals surface area contributed by atoms with E-state index in [4.69, 9.17) is 4.74 Å². The summed E-state index contributed by atoms with van der Waals surface area (Å²) in [6.07, 6.45) is 12.1. The van der Waals surface area contributed by atoms with Crippen molar-refractivity contribution in [2.75, 3.05) is 18.0 Å². The average Bonchev–Trinajstić information content (AvgIpc) is 3.57. The highest BCUT2D eigenvalue weighted by Gasteiger charge is 2.39. The lowest BCUT2D eigenvalue weighted by Crippen LogP contribution is -2.43. The molecular formula is C27H34N4O4. The van der Waals surface area contributed by atoms with Gasteiger partial charge in [-0.2, -0.15) is 5.10 Å². The van der Waals surface area contributed by atoms with Gasteiger partial charge in [0.05, 0.1) is 24.0 Å². The lowest BCUT2D eigenvalue weighted by atomic mass is 9.91. The molecule has 8 nitrogen and oxygen atoms in total. The first-order chi connectivity index (χ1) is 17.0. The van der Waals surface area contributed by atoms with Crippen molar-refractivity contribution in [3.8, 4) is 16.9 Å². The fraction of sp³-hybridized carbons (Fsp3) is 0.593. The Hall–Kier alpha value is -3.03. The molecule has 3 fully saturated rings. The molecule has 6 rings (SSSR count). The van der Waals surface area contributed by atoms with Crippen LogP contribution >= 0.6 is 0 Å². The molecule has 0 spiro atoms. The third kappa shape index (κ3) is 4.17. The molecule has 2 amide bonds. The zero-order valence-electron chi connectivity index (χ0n) is 20.4. The number of likely N-dealkylation sites (tertiary alicyclic amines) is 1. The van der Waals surface area contributed by atoms with Crippen LogP contribution in [0.25, 0.3) is 11.1 Å². The Morgan fingerprint density at radius 3 is 2.49 bits per heavy atom. The Morgan fingerprint density at radius 1 is 1.06 bits per heavy atom. The summed E-state index contributed by atoms with van der Waals surface area (Å²) in [6, 6.07) is 4.61. The van der Waals surface area contributed by atoms with Gasteiger partial charge in [-0.3, -0.25) is 9.48 Å². The molecule has 2 aliphatic carbocycles. The number of nitrogens with zero attached hydrogens (tertiary/aromatic N) is 4. The van der Waals surface area contributed by atoms with Gasteiger partial charge in [-0.15, -0.1) is 0 Å². The Kier molecular flexibility index (Phi) is 5.69. The SMILES string of the molecule is CC1CCc2c(ccc(-c3cnn(C4CCN(C(=O)O)CC4)c3)c2OC2CCC2)N1C(=O)C1CC1. The van der Waals surface area contributed by atoms with Crippen LogP contribution in [-0.2, 0) is 11.2 Å². The van der Waals surface area contributed by atoms with Crippen LogP contribution < -0.4 is 9.64 Å². The predicted molar refractivity (Wildman–Crippen MR) is 132 cm³/mol. The predicted octanol–water partition coefficient (Wildman–Crippen LogP) is 4.87. The minimum absolute atomic E-state index is 0.185. The van der Waals surface area contributed by atoms with E-state index in [-0.39, 0.29) is 30.0 Å².